The lowest BCUT2D eigenvalue weighted by atomic mass is 10.0. The van der Waals surface area contributed by atoms with Crippen LogP contribution >= 0.6 is 0 Å². The van der Waals surface area contributed by atoms with Gasteiger partial charge in [-0.2, -0.15) is 0 Å². The van der Waals surface area contributed by atoms with Crippen LogP contribution in [0.5, 0.6) is 0 Å². The van der Waals surface area contributed by atoms with Crippen LogP contribution in [-0.2, 0) is 13.5 Å². The van der Waals surface area contributed by atoms with Gasteiger partial charge in [-0.15, -0.1) is 0 Å². The summed E-state index contributed by atoms with van der Waals surface area (Å²) in [6.45, 7) is 2.13. The number of para-hydroxylation sites is 1. The van der Waals surface area contributed by atoms with Gasteiger partial charge >= 0.3 is 0 Å². The van der Waals surface area contributed by atoms with E-state index in [1.54, 1.807) is 17.7 Å². The second kappa shape index (κ2) is 5.37. The predicted octanol–water partition coefficient (Wildman–Crippen LogP) is 3.17. The average Bonchev–Trinajstić information content (AvgIpc) is 3.13. The van der Waals surface area contributed by atoms with E-state index in [0.29, 0.717) is 11.7 Å². The number of pyridine rings is 1. The van der Waals surface area contributed by atoms with E-state index in [0.717, 1.165) is 35.0 Å². The molecule has 122 valence electrons. The first-order valence-electron chi connectivity index (χ1n) is 8.16. The van der Waals surface area contributed by atoms with E-state index < -0.39 is 0 Å². The molecule has 0 aliphatic heterocycles. The summed E-state index contributed by atoms with van der Waals surface area (Å²) in [5.41, 5.74) is 3.07. The van der Waals surface area contributed by atoms with Gasteiger partial charge in [0.2, 0.25) is 0 Å². The molecule has 2 aromatic heterocycles. The lowest BCUT2D eigenvalue weighted by Gasteiger charge is -2.11. The number of amides is 1. The minimum absolute atomic E-state index is 0.198. The van der Waals surface area contributed by atoms with Crippen molar-refractivity contribution in [3.8, 4) is 0 Å². The minimum atomic E-state index is -0.371. The summed E-state index contributed by atoms with van der Waals surface area (Å²) in [4.78, 5) is 28.3. The summed E-state index contributed by atoms with van der Waals surface area (Å²) in [6, 6.07) is 11.4. The highest BCUT2D eigenvalue weighted by molar-refractivity contribution is 6.05. The predicted molar refractivity (Wildman–Crippen MR) is 94.7 cm³/mol. The molecule has 5 heteroatoms. The zero-order valence-electron chi connectivity index (χ0n) is 13.7. The van der Waals surface area contributed by atoms with Gasteiger partial charge in [-0.05, 0) is 42.5 Å². The fourth-order valence-electron chi connectivity index (χ4n) is 3.54. The Hall–Kier alpha value is -2.82. The second-order valence-electron chi connectivity index (χ2n) is 6.49. The number of hydrogen-bond acceptors (Lipinski definition) is 2. The highest BCUT2D eigenvalue weighted by atomic mass is 16.2. The van der Waals surface area contributed by atoms with Gasteiger partial charge in [-0.3, -0.25) is 9.59 Å². The van der Waals surface area contributed by atoms with E-state index in [1.165, 1.54) is 0 Å². The average molecular weight is 321 g/mol. The standard InChI is InChI=1S/C19H19N3O2/c1-11-7-8-16-13(11)10-14(19(24)22(16)2)18(23)21-17-9-12-5-3-4-6-15(12)20-17/h3-6,9-11,20H,7-8H2,1-2H3,(H,21,23). The van der Waals surface area contributed by atoms with Gasteiger partial charge in [-0.25, -0.2) is 0 Å². The molecule has 1 aliphatic rings. The number of rotatable bonds is 2. The van der Waals surface area contributed by atoms with Crippen molar-refractivity contribution in [3.05, 3.63) is 63.6 Å². The second-order valence-corrected chi connectivity index (χ2v) is 6.49. The zero-order chi connectivity index (χ0) is 16.8. The maximum absolute atomic E-state index is 12.6. The molecule has 0 bridgehead atoms. The van der Waals surface area contributed by atoms with E-state index in [-0.39, 0.29) is 17.0 Å². The lowest BCUT2D eigenvalue weighted by Crippen LogP contribution is -2.30. The molecule has 1 amide bonds. The molecule has 2 heterocycles. The molecular formula is C19H19N3O2. The Morgan fingerprint density at radius 2 is 2.08 bits per heavy atom. The molecule has 1 unspecified atom stereocenters. The van der Waals surface area contributed by atoms with Crippen LogP contribution in [0, 0.1) is 0 Å². The third kappa shape index (κ3) is 2.24. The number of carbonyl (C=O) groups is 1. The molecule has 0 fully saturated rings. The summed E-state index contributed by atoms with van der Waals surface area (Å²) in [5.74, 6) is 0.604. The third-order valence-electron chi connectivity index (χ3n) is 4.94. The molecule has 0 spiro atoms. The first-order chi connectivity index (χ1) is 11.5. The van der Waals surface area contributed by atoms with E-state index in [9.17, 15) is 9.59 Å². The Kier molecular flexibility index (Phi) is 3.30. The fraction of sp³-hybridized carbons (Fsp3) is 0.263. The Labute approximate surface area is 139 Å². The van der Waals surface area contributed by atoms with Crippen molar-refractivity contribution >= 4 is 22.6 Å². The van der Waals surface area contributed by atoms with Crippen molar-refractivity contribution in [1.29, 1.82) is 0 Å². The molecule has 0 saturated heterocycles. The summed E-state index contributed by atoms with van der Waals surface area (Å²) < 4.78 is 1.62. The van der Waals surface area contributed by atoms with Crippen molar-refractivity contribution in [2.24, 2.45) is 7.05 Å². The first kappa shape index (κ1) is 14.8. The minimum Gasteiger partial charge on any atom is -0.341 e. The Morgan fingerprint density at radius 3 is 2.88 bits per heavy atom. The summed E-state index contributed by atoms with van der Waals surface area (Å²) >= 11 is 0. The molecule has 1 aromatic carbocycles. The lowest BCUT2D eigenvalue weighted by molar-refractivity contribution is 0.102. The number of anilines is 1. The van der Waals surface area contributed by atoms with E-state index >= 15 is 0 Å². The van der Waals surface area contributed by atoms with Gasteiger partial charge in [-0.1, -0.05) is 25.1 Å². The number of nitrogens with one attached hydrogen (secondary N) is 2. The number of aromatic amines is 1. The molecule has 0 saturated carbocycles. The van der Waals surface area contributed by atoms with Crippen LogP contribution < -0.4 is 10.9 Å². The number of fused-ring (bicyclic) bond motifs is 2. The van der Waals surface area contributed by atoms with E-state index in [2.05, 4.69) is 17.2 Å². The van der Waals surface area contributed by atoms with Crippen LogP contribution in [0.1, 0.15) is 40.9 Å². The molecule has 1 aliphatic carbocycles. The van der Waals surface area contributed by atoms with Crippen LogP contribution in [0.3, 0.4) is 0 Å². The Morgan fingerprint density at radius 1 is 1.29 bits per heavy atom. The maximum Gasteiger partial charge on any atom is 0.263 e. The summed E-state index contributed by atoms with van der Waals surface area (Å²) in [6.07, 6.45) is 1.92. The van der Waals surface area contributed by atoms with Crippen molar-refractivity contribution in [2.75, 3.05) is 5.32 Å². The molecule has 2 N–H and O–H groups in total. The number of carbonyl (C=O) groups excluding carboxylic acids is 1. The number of aromatic nitrogens is 2. The van der Waals surface area contributed by atoms with Gasteiger partial charge in [0.15, 0.2) is 0 Å². The van der Waals surface area contributed by atoms with Crippen molar-refractivity contribution in [2.45, 2.75) is 25.7 Å². The third-order valence-corrected chi connectivity index (χ3v) is 4.94. The largest absolute Gasteiger partial charge is 0.341 e. The summed E-state index contributed by atoms with van der Waals surface area (Å²) in [5, 5.41) is 3.83. The molecular weight excluding hydrogens is 302 g/mol. The van der Waals surface area contributed by atoms with Crippen LogP contribution in [0.2, 0.25) is 0 Å². The normalized spacial score (nSPS) is 16.3. The monoisotopic (exact) mass is 321 g/mol. The Balaban J connectivity index is 1.71. The highest BCUT2D eigenvalue weighted by Gasteiger charge is 2.25. The SMILES string of the molecule is CC1CCc2c1cc(C(=O)Nc1cc3ccccc3[nH]1)c(=O)n2C. The molecule has 0 radical (unpaired) electrons. The number of hydrogen-bond donors (Lipinski definition) is 2. The van der Waals surface area contributed by atoms with Crippen LogP contribution in [0.25, 0.3) is 10.9 Å². The van der Waals surface area contributed by atoms with Crippen molar-refractivity contribution < 1.29 is 4.79 Å². The molecule has 5 nitrogen and oxygen atoms in total. The van der Waals surface area contributed by atoms with E-state index in [4.69, 9.17) is 0 Å². The van der Waals surface area contributed by atoms with Crippen molar-refractivity contribution in [3.63, 3.8) is 0 Å². The zero-order valence-corrected chi connectivity index (χ0v) is 13.7. The molecule has 4 rings (SSSR count). The van der Waals surface area contributed by atoms with Gasteiger partial charge in [0.05, 0.1) is 0 Å². The van der Waals surface area contributed by atoms with Crippen molar-refractivity contribution in [1.82, 2.24) is 9.55 Å². The Bertz CT molecular complexity index is 980. The molecule has 1 atom stereocenters. The maximum atomic E-state index is 12.6. The molecule has 24 heavy (non-hydrogen) atoms. The van der Waals surface area contributed by atoms with Crippen LogP contribution in [0.4, 0.5) is 5.82 Å². The van der Waals surface area contributed by atoms with Gasteiger partial charge in [0.1, 0.15) is 11.4 Å². The topological polar surface area (TPSA) is 66.9 Å². The fourth-order valence-corrected chi connectivity index (χ4v) is 3.54. The smallest absolute Gasteiger partial charge is 0.263 e. The van der Waals surface area contributed by atoms with Gasteiger partial charge in [0.25, 0.3) is 11.5 Å². The first-order valence-corrected chi connectivity index (χ1v) is 8.16. The summed E-state index contributed by atoms with van der Waals surface area (Å²) in [7, 11) is 1.75. The number of H-pyrrole nitrogens is 1. The molecule has 3 aromatic rings. The quantitative estimate of drug-likeness (QED) is 0.761. The van der Waals surface area contributed by atoms with Crippen LogP contribution in [0.15, 0.2) is 41.2 Å². The van der Waals surface area contributed by atoms with Gasteiger partial charge < -0.3 is 14.9 Å². The van der Waals surface area contributed by atoms with E-state index in [1.807, 2.05) is 30.3 Å². The number of nitrogens with zero attached hydrogens (tertiary/aromatic N) is 1. The van der Waals surface area contributed by atoms with Crippen LogP contribution in [-0.4, -0.2) is 15.5 Å². The number of benzene rings is 1. The van der Waals surface area contributed by atoms with Gasteiger partial charge in [0, 0.05) is 23.6 Å². The highest BCUT2D eigenvalue weighted by Crippen LogP contribution is 2.31.